The Labute approximate surface area is 184 Å². The molecule has 2 unspecified atom stereocenters. The molecule has 32 heavy (non-hydrogen) atoms. The Balaban J connectivity index is 0.00000176. The van der Waals surface area contributed by atoms with E-state index in [0.717, 1.165) is 17.4 Å². The standard InChI is InChI=1S/C20H24F3N3O4.C2H6/c1-11-8-9-15(11)17(24-16-12(2)18(27)26(4)19(28)25(16)3)29-13-6-5-7-14(10-13)30-20(21,22)23;1-2/h6,10-11,15H,5,7-9H2,1-4H3;1-2H3/b24-17+;. The lowest BCUT2D eigenvalue weighted by Gasteiger charge is -2.34. The van der Waals surface area contributed by atoms with E-state index in [9.17, 15) is 22.8 Å². The van der Waals surface area contributed by atoms with Crippen molar-refractivity contribution in [2.45, 2.75) is 59.7 Å². The third kappa shape index (κ3) is 5.72. The van der Waals surface area contributed by atoms with Crippen LogP contribution in [0.25, 0.3) is 0 Å². The lowest BCUT2D eigenvalue weighted by molar-refractivity contribution is -0.306. The van der Waals surface area contributed by atoms with Crippen LogP contribution < -0.4 is 11.2 Å². The Bertz CT molecular complexity index is 1010. The highest BCUT2D eigenvalue weighted by atomic mass is 19.4. The van der Waals surface area contributed by atoms with Crippen molar-refractivity contribution in [2.24, 2.45) is 30.9 Å². The Morgan fingerprint density at radius 3 is 2.34 bits per heavy atom. The van der Waals surface area contributed by atoms with Gasteiger partial charge >= 0.3 is 12.1 Å². The number of hydrogen-bond acceptors (Lipinski definition) is 5. The van der Waals surface area contributed by atoms with E-state index in [2.05, 4.69) is 9.73 Å². The fraction of sp³-hybridized carbons (Fsp3) is 0.591. The zero-order chi connectivity index (χ0) is 24.2. The molecule has 0 amide bonds. The monoisotopic (exact) mass is 457 g/mol. The highest BCUT2D eigenvalue weighted by molar-refractivity contribution is 5.83. The summed E-state index contributed by atoms with van der Waals surface area (Å²) in [4.78, 5) is 29.1. The molecule has 7 nitrogen and oxygen atoms in total. The van der Waals surface area contributed by atoms with Crippen molar-refractivity contribution >= 4 is 11.7 Å². The minimum atomic E-state index is -4.77. The van der Waals surface area contributed by atoms with Crippen molar-refractivity contribution in [2.75, 3.05) is 0 Å². The molecule has 2 atom stereocenters. The van der Waals surface area contributed by atoms with Gasteiger partial charge in [0.05, 0.1) is 5.56 Å². The summed E-state index contributed by atoms with van der Waals surface area (Å²) in [6.45, 7) is 7.59. The van der Waals surface area contributed by atoms with Gasteiger partial charge in [-0.25, -0.2) is 4.79 Å². The predicted octanol–water partition coefficient (Wildman–Crippen LogP) is 4.61. The summed E-state index contributed by atoms with van der Waals surface area (Å²) in [5, 5.41) is 0. The van der Waals surface area contributed by atoms with Gasteiger partial charge in [0.2, 0.25) is 0 Å². The number of aromatic nitrogens is 2. The van der Waals surface area contributed by atoms with Crippen LogP contribution in [0.3, 0.4) is 0 Å². The SMILES string of the molecule is CC.Cc1c(/N=C(/OC2=CCCC(OC(F)(F)F)=C2)C2CCC2C)n(C)c(=O)n(C)c1=O. The molecule has 0 bridgehead atoms. The van der Waals surface area contributed by atoms with Gasteiger partial charge in [-0.1, -0.05) is 20.8 Å². The smallest absolute Gasteiger partial charge is 0.443 e. The summed E-state index contributed by atoms with van der Waals surface area (Å²) >= 11 is 0. The third-order valence-electron chi connectivity index (χ3n) is 5.51. The molecule has 3 rings (SSSR count). The van der Waals surface area contributed by atoms with Gasteiger partial charge in [-0.2, -0.15) is 4.99 Å². The molecule has 2 aliphatic carbocycles. The fourth-order valence-electron chi connectivity index (χ4n) is 3.55. The molecule has 0 saturated heterocycles. The van der Waals surface area contributed by atoms with E-state index in [-0.39, 0.29) is 47.1 Å². The summed E-state index contributed by atoms with van der Waals surface area (Å²) < 4.78 is 49.8. The molecule has 1 fully saturated rings. The summed E-state index contributed by atoms with van der Waals surface area (Å²) in [6.07, 6.45) is 0.283. The topological polar surface area (TPSA) is 74.8 Å². The second-order valence-corrected chi connectivity index (χ2v) is 7.67. The van der Waals surface area contributed by atoms with Crippen LogP contribution in [0.4, 0.5) is 19.0 Å². The molecule has 0 aromatic carbocycles. The molecule has 0 aliphatic heterocycles. The van der Waals surface area contributed by atoms with Gasteiger partial charge in [-0.3, -0.25) is 13.9 Å². The molecule has 1 aromatic rings. The summed E-state index contributed by atoms with van der Waals surface area (Å²) in [6, 6.07) is 0. The van der Waals surface area contributed by atoms with Crippen LogP contribution in [0, 0.1) is 18.8 Å². The number of allylic oxidation sites excluding steroid dienone is 3. The van der Waals surface area contributed by atoms with Gasteiger partial charge in [0.1, 0.15) is 17.3 Å². The lowest BCUT2D eigenvalue weighted by atomic mass is 9.75. The molecule has 0 spiro atoms. The fourth-order valence-corrected chi connectivity index (χ4v) is 3.55. The number of ether oxygens (including phenoxy) is 2. The molecule has 2 aliphatic rings. The van der Waals surface area contributed by atoms with Crippen molar-refractivity contribution in [1.29, 1.82) is 0 Å². The molecule has 0 radical (unpaired) electrons. The molecule has 1 heterocycles. The number of hydrogen-bond donors (Lipinski definition) is 0. The molecule has 10 heteroatoms. The number of rotatable bonds is 4. The maximum absolute atomic E-state index is 12.5. The van der Waals surface area contributed by atoms with Crippen molar-refractivity contribution < 1.29 is 22.6 Å². The second-order valence-electron chi connectivity index (χ2n) is 7.67. The van der Waals surface area contributed by atoms with Crippen LogP contribution in [0.1, 0.15) is 52.0 Å². The first-order chi connectivity index (χ1) is 15.0. The minimum Gasteiger partial charge on any atom is -0.443 e. The lowest BCUT2D eigenvalue weighted by Crippen LogP contribution is -2.38. The van der Waals surface area contributed by atoms with Gasteiger partial charge in [-0.05, 0) is 38.2 Å². The summed E-state index contributed by atoms with van der Waals surface area (Å²) in [7, 11) is 2.89. The quantitative estimate of drug-likeness (QED) is 0.489. The normalized spacial score (nSPS) is 21.0. The predicted molar refractivity (Wildman–Crippen MR) is 116 cm³/mol. The largest absolute Gasteiger partial charge is 0.572 e. The first kappa shape index (κ1) is 25.5. The van der Waals surface area contributed by atoms with Gasteiger partial charge in [0.25, 0.3) is 5.56 Å². The first-order valence-electron chi connectivity index (χ1n) is 10.7. The van der Waals surface area contributed by atoms with E-state index in [4.69, 9.17) is 4.74 Å². The Morgan fingerprint density at radius 2 is 1.81 bits per heavy atom. The van der Waals surface area contributed by atoms with Crippen LogP contribution >= 0.6 is 0 Å². The molecule has 1 saturated carbocycles. The van der Waals surface area contributed by atoms with E-state index in [1.54, 1.807) is 13.0 Å². The number of halogens is 3. The zero-order valence-electron chi connectivity index (χ0n) is 19.2. The van der Waals surface area contributed by atoms with Gasteiger partial charge < -0.3 is 9.47 Å². The molecular formula is C22H30F3N3O4. The minimum absolute atomic E-state index is 0.0632. The number of aliphatic imine (C=N–C) groups is 1. The summed E-state index contributed by atoms with van der Waals surface area (Å²) in [5.74, 6) is 0.599. The molecule has 1 aromatic heterocycles. The van der Waals surface area contributed by atoms with Gasteiger partial charge in [-0.15, -0.1) is 13.2 Å². The van der Waals surface area contributed by atoms with E-state index in [1.165, 1.54) is 24.7 Å². The van der Waals surface area contributed by atoms with E-state index < -0.39 is 17.6 Å². The maximum atomic E-state index is 12.5. The molecular weight excluding hydrogens is 427 g/mol. The first-order valence-corrected chi connectivity index (χ1v) is 10.7. The zero-order valence-corrected chi connectivity index (χ0v) is 19.2. The molecule has 0 N–H and O–H groups in total. The second kappa shape index (κ2) is 10.2. The van der Waals surface area contributed by atoms with Gasteiger partial charge in [0, 0.05) is 32.5 Å². The van der Waals surface area contributed by atoms with Gasteiger partial charge in [0.15, 0.2) is 5.90 Å². The van der Waals surface area contributed by atoms with Crippen LogP contribution in [-0.2, 0) is 23.6 Å². The van der Waals surface area contributed by atoms with E-state index in [0.29, 0.717) is 6.42 Å². The average molecular weight is 457 g/mol. The van der Waals surface area contributed by atoms with Crippen molar-refractivity contribution in [3.63, 3.8) is 0 Å². The van der Waals surface area contributed by atoms with Crippen LogP contribution in [-0.4, -0.2) is 21.4 Å². The average Bonchev–Trinajstić information content (AvgIpc) is 2.73. The number of nitrogens with zero attached hydrogens (tertiary/aromatic N) is 3. The highest BCUT2D eigenvalue weighted by Gasteiger charge is 2.35. The Morgan fingerprint density at radius 1 is 1.16 bits per heavy atom. The van der Waals surface area contributed by atoms with Crippen molar-refractivity contribution in [3.05, 3.63) is 50.1 Å². The van der Waals surface area contributed by atoms with Crippen molar-refractivity contribution in [3.8, 4) is 0 Å². The van der Waals surface area contributed by atoms with Crippen LogP contribution in [0.15, 0.2) is 38.3 Å². The van der Waals surface area contributed by atoms with Crippen LogP contribution in [0.5, 0.6) is 0 Å². The maximum Gasteiger partial charge on any atom is 0.572 e. The number of alkyl halides is 3. The van der Waals surface area contributed by atoms with E-state index in [1.807, 2.05) is 20.8 Å². The Kier molecular flexibility index (Phi) is 8.14. The van der Waals surface area contributed by atoms with E-state index >= 15 is 0 Å². The van der Waals surface area contributed by atoms with Crippen LogP contribution in [0.2, 0.25) is 0 Å². The Hall–Kier alpha value is -2.78. The van der Waals surface area contributed by atoms with Crippen molar-refractivity contribution in [1.82, 2.24) is 9.13 Å². The third-order valence-corrected chi connectivity index (χ3v) is 5.51. The molecule has 178 valence electrons. The highest BCUT2D eigenvalue weighted by Crippen LogP contribution is 2.37. The summed E-state index contributed by atoms with van der Waals surface area (Å²) in [5.41, 5.74) is -0.708.